The number of hydrogen-bond acceptors (Lipinski definition) is 4. The second kappa shape index (κ2) is 7.41. The van der Waals surface area contributed by atoms with Crippen LogP contribution in [0.5, 0.6) is 0 Å². The van der Waals surface area contributed by atoms with Crippen LogP contribution in [-0.4, -0.2) is 33.2 Å². The average molecular weight is 368 g/mol. The second-order valence-corrected chi connectivity index (χ2v) is 5.76. The number of benzene rings is 2. The van der Waals surface area contributed by atoms with Crippen LogP contribution in [0.2, 0.25) is 0 Å². The molecule has 27 heavy (non-hydrogen) atoms. The van der Waals surface area contributed by atoms with Crippen LogP contribution in [0.1, 0.15) is 33.5 Å². The van der Waals surface area contributed by atoms with Gasteiger partial charge in [-0.15, -0.1) is 0 Å². The molecule has 0 atom stereocenters. The maximum absolute atomic E-state index is 14.4. The molecule has 6 nitrogen and oxygen atoms in total. The van der Waals surface area contributed by atoms with Gasteiger partial charge in [-0.05, 0) is 44.2 Å². The van der Waals surface area contributed by atoms with Gasteiger partial charge in [-0.25, -0.2) is 19.0 Å². The van der Waals surface area contributed by atoms with E-state index in [4.69, 9.17) is 4.74 Å². The first-order valence-corrected chi connectivity index (χ1v) is 8.29. The van der Waals surface area contributed by atoms with Crippen molar-refractivity contribution in [3.05, 3.63) is 71.3 Å². The van der Waals surface area contributed by atoms with E-state index in [0.717, 1.165) is 0 Å². The molecule has 2 aromatic carbocycles. The number of aromatic nitrogens is 2. The summed E-state index contributed by atoms with van der Waals surface area (Å²) in [7, 11) is 0. The average Bonchev–Trinajstić information content (AvgIpc) is 2.99. The number of halogens is 1. The first kappa shape index (κ1) is 18.3. The summed E-state index contributed by atoms with van der Waals surface area (Å²) in [6.45, 7) is 3.50. The van der Waals surface area contributed by atoms with Crippen molar-refractivity contribution in [1.82, 2.24) is 9.55 Å². The highest BCUT2D eigenvalue weighted by Gasteiger charge is 2.24. The van der Waals surface area contributed by atoms with E-state index in [2.05, 4.69) is 4.98 Å². The Morgan fingerprint density at radius 2 is 1.93 bits per heavy atom. The highest BCUT2D eigenvalue weighted by atomic mass is 19.1. The lowest BCUT2D eigenvalue weighted by Crippen LogP contribution is -2.08. The van der Waals surface area contributed by atoms with Crippen LogP contribution in [0, 0.1) is 12.7 Å². The first-order valence-electron chi connectivity index (χ1n) is 8.29. The van der Waals surface area contributed by atoms with Gasteiger partial charge in [0, 0.05) is 5.69 Å². The lowest BCUT2D eigenvalue weighted by molar-refractivity contribution is 0.0518. The molecular formula is C20H17FN2O4. The van der Waals surface area contributed by atoms with Gasteiger partial charge in [0.05, 0.1) is 23.4 Å². The predicted molar refractivity (Wildman–Crippen MR) is 96.6 cm³/mol. The zero-order chi connectivity index (χ0) is 19.6. The summed E-state index contributed by atoms with van der Waals surface area (Å²) in [5, 5.41) is 9.26. The van der Waals surface area contributed by atoms with Crippen molar-refractivity contribution in [1.29, 1.82) is 0 Å². The fourth-order valence-corrected chi connectivity index (χ4v) is 2.81. The van der Waals surface area contributed by atoms with Crippen LogP contribution < -0.4 is 0 Å². The number of carbonyl (C=O) groups is 2. The van der Waals surface area contributed by atoms with E-state index in [1.807, 2.05) is 0 Å². The van der Waals surface area contributed by atoms with Gasteiger partial charge in [-0.3, -0.25) is 4.57 Å². The highest BCUT2D eigenvalue weighted by molar-refractivity contribution is 5.90. The number of imidazole rings is 1. The standard InChI is InChI=1S/C20H17FN2O4/c1-3-27-20(26)17-12(2)23(14-8-6-7-13(11-14)19(24)25)18(22-17)15-9-4-5-10-16(15)21/h4-11H,3H2,1-2H3,(H,24,25). The van der Waals surface area contributed by atoms with Gasteiger partial charge in [0.2, 0.25) is 0 Å². The number of rotatable bonds is 5. The number of carboxylic acids is 1. The van der Waals surface area contributed by atoms with Crippen molar-refractivity contribution in [3.8, 4) is 17.1 Å². The summed E-state index contributed by atoms with van der Waals surface area (Å²) in [4.78, 5) is 27.9. The van der Waals surface area contributed by atoms with Crippen LogP contribution in [-0.2, 0) is 4.74 Å². The molecule has 1 aromatic heterocycles. The quantitative estimate of drug-likeness (QED) is 0.692. The van der Waals surface area contributed by atoms with Crippen LogP contribution in [0.25, 0.3) is 17.1 Å². The van der Waals surface area contributed by atoms with Crippen molar-refractivity contribution in [3.63, 3.8) is 0 Å². The summed E-state index contributed by atoms with van der Waals surface area (Å²) in [5.41, 5.74) is 1.19. The molecule has 0 saturated heterocycles. The Bertz CT molecular complexity index is 1030. The van der Waals surface area contributed by atoms with E-state index >= 15 is 0 Å². The predicted octanol–water partition coefficient (Wildman–Crippen LogP) is 3.86. The van der Waals surface area contributed by atoms with Gasteiger partial charge in [0.1, 0.15) is 11.6 Å². The topological polar surface area (TPSA) is 81.4 Å². The monoisotopic (exact) mass is 368 g/mol. The molecule has 3 aromatic rings. The van der Waals surface area contributed by atoms with E-state index < -0.39 is 17.8 Å². The third kappa shape index (κ3) is 3.44. The summed E-state index contributed by atoms with van der Waals surface area (Å²) < 4.78 is 21.0. The molecule has 1 N–H and O–H groups in total. The largest absolute Gasteiger partial charge is 0.478 e. The number of aromatic carboxylic acids is 1. The number of carboxylic acid groups (broad SMARTS) is 1. The summed E-state index contributed by atoms with van der Waals surface area (Å²) in [6.07, 6.45) is 0. The molecule has 138 valence electrons. The molecule has 0 aliphatic rings. The van der Waals surface area contributed by atoms with Crippen molar-refractivity contribution >= 4 is 11.9 Å². The van der Waals surface area contributed by atoms with E-state index in [-0.39, 0.29) is 29.3 Å². The molecule has 0 spiro atoms. The molecule has 0 unspecified atom stereocenters. The number of carbonyl (C=O) groups excluding carboxylic acids is 1. The molecule has 3 rings (SSSR count). The number of esters is 1. The molecule has 0 fully saturated rings. The normalized spacial score (nSPS) is 10.6. The molecule has 0 bridgehead atoms. The highest BCUT2D eigenvalue weighted by Crippen LogP contribution is 2.29. The van der Waals surface area contributed by atoms with E-state index in [0.29, 0.717) is 11.4 Å². The third-order valence-corrected chi connectivity index (χ3v) is 4.04. The van der Waals surface area contributed by atoms with Gasteiger partial charge in [-0.2, -0.15) is 0 Å². The minimum absolute atomic E-state index is 0.0517. The van der Waals surface area contributed by atoms with E-state index in [9.17, 15) is 19.1 Å². The first-order chi connectivity index (χ1) is 12.9. The van der Waals surface area contributed by atoms with Crippen molar-refractivity contribution < 1.29 is 23.8 Å². The van der Waals surface area contributed by atoms with Crippen molar-refractivity contribution in [2.24, 2.45) is 0 Å². The maximum Gasteiger partial charge on any atom is 0.358 e. The van der Waals surface area contributed by atoms with Gasteiger partial charge in [-0.1, -0.05) is 18.2 Å². The van der Waals surface area contributed by atoms with Gasteiger partial charge >= 0.3 is 11.9 Å². The molecule has 0 amide bonds. The fourth-order valence-electron chi connectivity index (χ4n) is 2.81. The lowest BCUT2D eigenvalue weighted by atomic mass is 10.1. The van der Waals surface area contributed by atoms with Crippen LogP contribution in [0.4, 0.5) is 4.39 Å². The maximum atomic E-state index is 14.4. The van der Waals surface area contributed by atoms with Crippen molar-refractivity contribution in [2.75, 3.05) is 6.61 Å². The Hall–Kier alpha value is -3.48. The van der Waals surface area contributed by atoms with E-state index in [1.165, 1.54) is 18.2 Å². The van der Waals surface area contributed by atoms with Gasteiger partial charge < -0.3 is 9.84 Å². The third-order valence-electron chi connectivity index (χ3n) is 4.04. The zero-order valence-electron chi connectivity index (χ0n) is 14.8. The number of hydrogen-bond donors (Lipinski definition) is 1. The van der Waals surface area contributed by atoms with Crippen LogP contribution >= 0.6 is 0 Å². The summed E-state index contributed by atoms with van der Waals surface area (Å²) in [6, 6.07) is 12.2. The molecule has 0 aliphatic heterocycles. The Morgan fingerprint density at radius 1 is 1.19 bits per heavy atom. The molecule has 0 radical (unpaired) electrons. The molecule has 0 saturated carbocycles. The van der Waals surface area contributed by atoms with Crippen LogP contribution in [0.3, 0.4) is 0 Å². The summed E-state index contributed by atoms with van der Waals surface area (Å²) >= 11 is 0. The van der Waals surface area contributed by atoms with Gasteiger partial charge in [0.25, 0.3) is 0 Å². The Labute approximate surface area is 154 Å². The Morgan fingerprint density at radius 3 is 2.59 bits per heavy atom. The molecule has 1 heterocycles. The SMILES string of the molecule is CCOC(=O)c1nc(-c2ccccc2F)n(-c2cccc(C(=O)O)c2)c1C. The minimum Gasteiger partial charge on any atom is -0.478 e. The second-order valence-electron chi connectivity index (χ2n) is 5.76. The smallest absolute Gasteiger partial charge is 0.358 e. The van der Waals surface area contributed by atoms with Crippen molar-refractivity contribution in [2.45, 2.75) is 13.8 Å². The molecule has 7 heteroatoms. The fraction of sp³-hybridized carbons (Fsp3) is 0.150. The lowest BCUT2D eigenvalue weighted by Gasteiger charge is -2.11. The summed E-state index contributed by atoms with van der Waals surface area (Å²) in [5.74, 6) is -2.03. The molecular weight excluding hydrogens is 351 g/mol. The Balaban J connectivity index is 2.28. The minimum atomic E-state index is -1.09. The number of ether oxygens (including phenoxy) is 1. The van der Waals surface area contributed by atoms with E-state index in [1.54, 1.807) is 48.7 Å². The van der Waals surface area contributed by atoms with Crippen LogP contribution in [0.15, 0.2) is 48.5 Å². The Kier molecular flexibility index (Phi) is 5.03. The zero-order valence-corrected chi connectivity index (χ0v) is 14.8. The number of nitrogens with zero attached hydrogens (tertiary/aromatic N) is 2. The molecule has 0 aliphatic carbocycles. The van der Waals surface area contributed by atoms with Gasteiger partial charge in [0.15, 0.2) is 5.69 Å².